The number of hydrogen-bond acceptors (Lipinski definition) is 5. The molecule has 1 saturated heterocycles. The van der Waals surface area contributed by atoms with Gasteiger partial charge in [0.1, 0.15) is 5.54 Å². The lowest BCUT2D eigenvalue weighted by atomic mass is 9.92. The zero-order valence-electron chi connectivity index (χ0n) is 16.6. The van der Waals surface area contributed by atoms with Gasteiger partial charge in [0.05, 0.1) is 0 Å². The number of para-hydroxylation sites is 1. The monoisotopic (exact) mass is 385 g/mol. The second-order valence-electron chi connectivity index (χ2n) is 7.76. The molecule has 1 aromatic heterocycles. The number of nitrogens with zero attached hydrogens (tertiary/aromatic N) is 3. The number of likely N-dealkylation sites (tertiary alicyclic amines) is 1. The standard InChI is InChI=1S/C20H27N5O3/c1-14-21-17(24-28-14)12-15-8-7-11-25(13-15)18(26)20(2,3)23-19(27)22-16-9-5-4-6-10-16/h4-6,9-10,15H,7-8,11-13H2,1-3H3,(H2,22,23,27). The van der Waals surface area contributed by atoms with Crippen LogP contribution in [0.15, 0.2) is 34.9 Å². The van der Waals surface area contributed by atoms with E-state index >= 15 is 0 Å². The average molecular weight is 385 g/mol. The van der Waals surface area contributed by atoms with E-state index < -0.39 is 11.6 Å². The summed E-state index contributed by atoms with van der Waals surface area (Å²) >= 11 is 0. The molecule has 8 heteroatoms. The van der Waals surface area contributed by atoms with Gasteiger partial charge in [-0.25, -0.2) is 4.79 Å². The second kappa shape index (κ2) is 8.41. The maximum Gasteiger partial charge on any atom is 0.320 e. The molecule has 0 spiro atoms. The van der Waals surface area contributed by atoms with Gasteiger partial charge in [0.2, 0.25) is 11.8 Å². The van der Waals surface area contributed by atoms with Crippen LogP contribution in [-0.2, 0) is 11.2 Å². The first-order valence-electron chi connectivity index (χ1n) is 9.56. The number of rotatable bonds is 5. The van der Waals surface area contributed by atoms with Crippen molar-refractivity contribution in [2.45, 2.75) is 45.6 Å². The fourth-order valence-electron chi connectivity index (χ4n) is 3.51. The summed E-state index contributed by atoms with van der Waals surface area (Å²) in [4.78, 5) is 31.4. The molecule has 0 saturated carbocycles. The molecule has 3 amide bonds. The summed E-state index contributed by atoms with van der Waals surface area (Å²) in [6, 6.07) is 8.74. The molecule has 1 fully saturated rings. The van der Waals surface area contributed by atoms with Crippen molar-refractivity contribution < 1.29 is 14.1 Å². The van der Waals surface area contributed by atoms with Crippen molar-refractivity contribution >= 4 is 17.6 Å². The zero-order chi connectivity index (χ0) is 20.1. The SMILES string of the molecule is Cc1nc(CC2CCCN(C(=O)C(C)(C)NC(=O)Nc3ccccc3)C2)no1. The Hall–Kier alpha value is -2.90. The third kappa shape index (κ3) is 5.09. The molecule has 2 heterocycles. The van der Waals surface area contributed by atoms with Gasteiger partial charge in [-0.1, -0.05) is 23.4 Å². The van der Waals surface area contributed by atoms with Crippen LogP contribution in [0.5, 0.6) is 0 Å². The van der Waals surface area contributed by atoms with Crippen LogP contribution < -0.4 is 10.6 Å². The Bertz CT molecular complexity index is 818. The van der Waals surface area contributed by atoms with Gasteiger partial charge in [-0.2, -0.15) is 4.98 Å². The van der Waals surface area contributed by atoms with Crippen molar-refractivity contribution in [3.63, 3.8) is 0 Å². The van der Waals surface area contributed by atoms with Crippen LogP contribution in [0.4, 0.5) is 10.5 Å². The van der Waals surface area contributed by atoms with Gasteiger partial charge in [-0.05, 0) is 44.7 Å². The molecule has 150 valence electrons. The van der Waals surface area contributed by atoms with E-state index in [-0.39, 0.29) is 11.8 Å². The molecule has 28 heavy (non-hydrogen) atoms. The molecule has 8 nitrogen and oxygen atoms in total. The zero-order valence-corrected chi connectivity index (χ0v) is 16.6. The summed E-state index contributed by atoms with van der Waals surface area (Å²) in [5, 5.41) is 9.49. The topological polar surface area (TPSA) is 100 Å². The van der Waals surface area contributed by atoms with E-state index in [2.05, 4.69) is 20.8 Å². The van der Waals surface area contributed by atoms with Crippen molar-refractivity contribution in [1.82, 2.24) is 20.4 Å². The Kier molecular flexibility index (Phi) is 5.96. The van der Waals surface area contributed by atoms with E-state index in [1.54, 1.807) is 32.9 Å². The molecule has 1 aliphatic heterocycles. The molecular formula is C20H27N5O3. The number of amides is 3. The van der Waals surface area contributed by atoms with E-state index in [1.165, 1.54) is 0 Å². The Morgan fingerprint density at radius 3 is 2.71 bits per heavy atom. The van der Waals surface area contributed by atoms with E-state index in [0.717, 1.165) is 12.8 Å². The number of aromatic nitrogens is 2. The number of urea groups is 1. The minimum absolute atomic E-state index is 0.0929. The normalized spacial score (nSPS) is 17.2. The predicted molar refractivity (Wildman–Crippen MR) is 105 cm³/mol. The van der Waals surface area contributed by atoms with Crippen LogP contribution >= 0.6 is 0 Å². The molecule has 1 aliphatic rings. The summed E-state index contributed by atoms with van der Waals surface area (Å²) in [7, 11) is 0. The lowest BCUT2D eigenvalue weighted by Crippen LogP contribution is -2.58. The van der Waals surface area contributed by atoms with Crippen LogP contribution in [0.2, 0.25) is 0 Å². The molecule has 3 rings (SSSR count). The summed E-state index contributed by atoms with van der Waals surface area (Å²) in [5.74, 6) is 1.42. The highest BCUT2D eigenvalue weighted by Gasteiger charge is 2.36. The number of carbonyl (C=O) groups excluding carboxylic acids is 2. The van der Waals surface area contributed by atoms with Gasteiger partial charge in [0, 0.05) is 32.1 Å². The second-order valence-corrected chi connectivity index (χ2v) is 7.76. The molecule has 1 unspecified atom stereocenters. The quantitative estimate of drug-likeness (QED) is 0.824. The highest BCUT2D eigenvalue weighted by molar-refractivity contribution is 5.95. The minimum Gasteiger partial charge on any atom is -0.340 e. The molecule has 2 aromatic rings. The smallest absolute Gasteiger partial charge is 0.320 e. The van der Waals surface area contributed by atoms with Crippen molar-refractivity contribution in [3.8, 4) is 0 Å². The third-order valence-corrected chi connectivity index (χ3v) is 4.84. The summed E-state index contributed by atoms with van der Waals surface area (Å²) in [6.45, 7) is 6.53. The van der Waals surface area contributed by atoms with Gasteiger partial charge in [0.15, 0.2) is 5.82 Å². The predicted octanol–water partition coefficient (Wildman–Crippen LogP) is 2.76. The fourth-order valence-corrected chi connectivity index (χ4v) is 3.51. The maximum atomic E-state index is 13.0. The number of carbonyl (C=O) groups is 2. The van der Waals surface area contributed by atoms with Crippen LogP contribution in [0.3, 0.4) is 0 Å². The minimum atomic E-state index is -1.01. The van der Waals surface area contributed by atoms with Crippen molar-refractivity contribution in [2.24, 2.45) is 5.92 Å². The summed E-state index contributed by atoms with van der Waals surface area (Å²) in [6.07, 6.45) is 2.61. The Balaban J connectivity index is 1.56. The maximum absolute atomic E-state index is 13.0. The van der Waals surface area contributed by atoms with E-state index in [9.17, 15) is 9.59 Å². The van der Waals surface area contributed by atoms with Gasteiger partial charge in [-0.15, -0.1) is 0 Å². The first-order chi connectivity index (χ1) is 13.3. The van der Waals surface area contributed by atoms with Crippen LogP contribution in [-0.4, -0.2) is 45.6 Å². The first-order valence-corrected chi connectivity index (χ1v) is 9.56. The third-order valence-electron chi connectivity index (χ3n) is 4.84. The van der Waals surface area contributed by atoms with Crippen LogP contribution in [0.1, 0.15) is 38.4 Å². The number of aryl methyl sites for hydroxylation is 1. The van der Waals surface area contributed by atoms with Gasteiger partial charge in [-0.3, -0.25) is 4.79 Å². The lowest BCUT2D eigenvalue weighted by molar-refractivity contribution is -0.138. The molecule has 0 bridgehead atoms. The van der Waals surface area contributed by atoms with Gasteiger partial charge in [0.25, 0.3) is 0 Å². The number of anilines is 1. The molecule has 0 aliphatic carbocycles. The molecular weight excluding hydrogens is 358 g/mol. The van der Waals surface area contributed by atoms with Crippen molar-refractivity contribution in [2.75, 3.05) is 18.4 Å². The average Bonchev–Trinajstić information content (AvgIpc) is 3.06. The largest absolute Gasteiger partial charge is 0.340 e. The summed E-state index contributed by atoms with van der Waals surface area (Å²) in [5.41, 5.74) is -0.333. The number of piperidine rings is 1. The molecule has 0 radical (unpaired) electrons. The van der Waals surface area contributed by atoms with Crippen LogP contribution in [0.25, 0.3) is 0 Å². The van der Waals surface area contributed by atoms with E-state index in [4.69, 9.17) is 4.52 Å². The van der Waals surface area contributed by atoms with E-state index in [1.807, 2.05) is 23.1 Å². The first kappa shape index (κ1) is 19.9. The Morgan fingerprint density at radius 1 is 1.29 bits per heavy atom. The van der Waals surface area contributed by atoms with Crippen molar-refractivity contribution in [1.29, 1.82) is 0 Å². The van der Waals surface area contributed by atoms with Gasteiger partial charge >= 0.3 is 6.03 Å². The molecule has 1 aromatic carbocycles. The number of benzene rings is 1. The van der Waals surface area contributed by atoms with Crippen molar-refractivity contribution in [3.05, 3.63) is 42.0 Å². The van der Waals surface area contributed by atoms with Crippen LogP contribution in [0, 0.1) is 12.8 Å². The molecule has 2 N–H and O–H groups in total. The lowest BCUT2D eigenvalue weighted by Gasteiger charge is -2.37. The number of nitrogens with one attached hydrogen (secondary N) is 2. The highest BCUT2D eigenvalue weighted by Crippen LogP contribution is 2.22. The number of hydrogen-bond donors (Lipinski definition) is 2. The Labute approximate surface area is 164 Å². The Morgan fingerprint density at radius 2 is 2.04 bits per heavy atom. The fraction of sp³-hybridized carbons (Fsp3) is 0.500. The van der Waals surface area contributed by atoms with Gasteiger partial charge < -0.3 is 20.1 Å². The summed E-state index contributed by atoms with van der Waals surface area (Å²) < 4.78 is 5.03. The molecule has 1 atom stereocenters. The van der Waals surface area contributed by atoms with E-state index in [0.29, 0.717) is 36.9 Å². The highest BCUT2D eigenvalue weighted by atomic mass is 16.5.